The van der Waals surface area contributed by atoms with Crippen LogP contribution in [0.5, 0.6) is 0 Å². The summed E-state index contributed by atoms with van der Waals surface area (Å²) >= 11 is 4.18. The van der Waals surface area contributed by atoms with Gasteiger partial charge in [-0.15, -0.1) is 0 Å². The van der Waals surface area contributed by atoms with Crippen LogP contribution in [0.1, 0.15) is 26.7 Å². The Kier molecular flexibility index (Phi) is 9.31. The molecule has 0 saturated carbocycles. The monoisotopic (exact) mass is 121 g/mol. The van der Waals surface area contributed by atoms with Crippen molar-refractivity contribution in [2.24, 2.45) is 0 Å². The van der Waals surface area contributed by atoms with Gasteiger partial charge in [-0.05, 0) is 11.7 Å². The van der Waals surface area contributed by atoms with Crippen molar-refractivity contribution in [3.63, 3.8) is 0 Å². The first kappa shape index (κ1) is 10.3. The largest absolute Gasteiger partial charge is 0.344 e. The number of rotatable bonds is 2. The molecule has 0 aromatic carbocycles. The van der Waals surface area contributed by atoms with Crippen molar-refractivity contribution < 1.29 is 0 Å². The standard InChI is InChI=1S/C5H12S.H3N/c1-3-4-5(2)6;/h5-6H,3-4H2,1-2H3;1H3. The van der Waals surface area contributed by atoms with Crippen molar-refractivity contribution in [2.45, 2.75) is 31.9 Å². The number of hydrogen-bond acceptors (Lipinski definition) is 2. The molecule has 0 bridgehead atoms. The van der Waals surface area contributed by atoms with Gasteiger partial charge in [0.2, 0.25) is 0 Å². The van der Waals surface area contributed by atoms with Crippen LogP contribution in [0.15, 0.2) is 0 Å². The lowest BCUT2D eigenvalue weighted by molar-refractivity contribution is 0.791. The minimum absolute atomic E-state index is 0. The van der Waals surface area contributed by atoms with E-state index in [4.69, 9.17) is 0 Å². The third-order valence-electron chi connectivity index (χ3n) is 0.706. The normalized spacial score (nSPS) is 12.4. The average Bonchev–Trinajstić information content (AvgIpc) is 1.35. The highest BCUT2D eigenvalue weighted by Crippen LogP contribution is 2.00. The van der Waals surface area contributed by atoms with Crippen LogP contribution >= 0.6 is 12.6 Å². The SMILES string of the molecule is CCCC(C)S.N. The molecule has 1 unspecified atom stereocenters. The van der Waals surface area contributed by atoms with Gasteiger partial charge in [-0.1, -0.05) is 20.3 Å². The second-order valence-electron chi connectivity index (χ2n) is 1.64. The summed E-state index contributed by atoms with van der Waals surface area (Å²) in [7, 11) is 0. The molecule has 0 radical (unpaired) electrons. The smallest absolute Gasteiger partial charge is 0.00117 e. The molecule has 0 aliphatic heterocycles. The lowest BCUT2D eigenvalue weighted by Crippen LogP contribution is -1.85. The van der Waals surface area contributed by atoms with Crippen LogP contribution in [0.2, 0.25) is 0 Å². The van der Waals surface area contributed by atoms with Crippen LogP contribution in [-0.2, 0) is 0 Å². The van der Waals surface area contributed by atoms with Gasteiger partial charge in [0.25, 0.3) is 0 Å². The number of thiol groups is 1. The molecule has 0 saturated heterocycles. The molecule has 7 heavy (non-hydrogen) atoms. The molecule has 0 amide bonds. The zero-order chi connectivity index (χ0) is 4.99. The van der Waals surface area contributed by atoms with Gasteiger partial charge < -0.3 is 6.15 Å². The van der Waals surface area contributed by atoms with Crippen molar-refractivity contribution in [2.75, 3.05) is 0 Å². The fourth-order valence-corrected chi connectivity index (χ4v) is 0.676. The van der Waals surface area contributed by atoms with Gasteiger partial charge in [-0.3, -0.25) is 0 Å². The average molecular weight is 121 g/mol. The predicted molar refractivity (Wildman–Crippen MR) is 38.4 cm³/mol. The van der Waals surface area contributed by atoms with E-state index < -0.39 is 0 Å². The molecule has 0 aromatic heterocycles. The first-order chi connectivity index (χ1) is 2.77. The van der Waals surface area contributed by atoms with Gasteiger partial charge in [0.1, 0.15) is 0 Å². The zero-order valence-corrected chi connectivity index (χ0v) is 6.04. The maximum Gasteiger partial charge on any atom is -0.00117 e. The summed E-state index contributed by atoms with van der Waals surface area (Å²) in [6, 6.07) is 0. The highest BCUT2D eigenvalue weighted by Gasteiger charge is 1.86. The molecule has 1 atom stereocenters. The topological polar surface area (TPSA) is 35.0 Å². The van der Waals surface area contributed by atoms with E-state index in [0.717, 1.165) is 0 Å². The Hall–Kier alpha value is 0.310. The Labute approximate surface area is 51.5 Å². The quantitative estimate of drug-likeness (QED) is 0.540. The van der Waals surface area contributed by atoms with Crippen molar-refractivity contribution in [3.8, 4) is 0 Å². The molecule has 0 spiro atoms. The lowest BCUT2D eigenvalue weighted by Gasteiger charge is -1.95. The van der Waals surface area contributed by atoms with E-state index in [1.807, 2.05) is 0 Å². The molecule has 0 aliphatic rings. The first-order valence-corrected chi connectivity index (χ1v) is 2.97. The summed E-state index contributed by atoms with van der Waals surface area (Å²) < 4.78 is 0. The summed E-state index contributed by atoms with van der Waals surface area (Å²) in [6.45, 7) is 4.29. The summed E-state index contributed by atoms with van der Waals surface area (Å²) in [5.41, 5.74) is 0. The van der Waals surface area contributed by atoms with E-state index in [2.05, 4.69) is 26.5 Å². The molecule has 2 heteroatoms. The van der Waals surface area contributed by atoms with Crippen LogP contribution < -0.4 is 6.15 Å². The van der Waals surface area contributed by atoms with Gasteiger partial charge in [0.15, 0.2) is 0 Å². The summed E-state index contributed by atoms with van der Waals surface area (Å²) in [5, 5.41) is 0.593. The molecule has 3 N–H and O–H groups in total. The Morgan fingerprint density at radius 1 is 1.57 bits per heavy atom. The van der Waals surface area contributed by atoms with Gasteiger partial charge in [-0.25, -0.2) is 0 Å². The van der Waals surface area contributed by atoms with E-state index in [1.165, 1.54) is 12.8 Å². The van der Waals surface area contributed by atoms with E-state index in [1.54, 1.807) is 0 Å². The molecule has 0 aromatic rings. The molecule has 1 nitrogen and oxygen atoms in total. The number of hydrogen-bond donors (Lipinski definition) is 2. The maximum absolute atomic E-state index is 4.18. The van der Waals surface area contributed by atoms with E-state index >= 15 is 0 Å². The van der Waals surface area contributed by atoms with E-state index in [0.29, 0.717) is 5.25 Å². The van der Waals surface area contributed by atoms with Gasteiger partial charge in [-0.2, -0.15) is 12.6 Å². The van der Waals surface area contributed by atoms with Crippen LogP contribution in [-0.4, -0.2) is 5.25 Å². The van der Waals surface area contributed by atoms with Crippen LogP contribution in [0.4, 0.5) is 0 Å². The molecule has 0 rings (SSSR count). The van der Waals surface area contributed by atoms with Crippen LogP contribution in [0.25, 0.3) is 0 Å². The van der Waals surface area contributed by atoms with Crippen LogP contribution in [0, 0.1) is 0 Å². The minimum atomic E-state index is 0. The second-order valence-corrected chi connectivity index (χ2v) is 2.52. The second kappa shape index (κ2) is 6.31. The Bertz CT molecular complexity index is 29.3. The fraction of sp³-hybridized carbons (Fsp3) is 1.00. The Morgan fingerprint density at radius 3 is 2.00 bits per heavy atom. The van der Waals surface area contributed by atoms with E-state index in [-0.39, 0.29) is 6.15 Å². The Morgan fingerprint density at radius 2 is 2.00 bits per heavy atom. The van der Waals surface area contributed by atoms with Crippen molar-refractivity contribution in [1.29, 1.82) is 0 Å². The molecule has 0 heterocycles. The Balaban J connectivity index is 0. The zero-order valence-electron chi connectivity index (χ0n) is 5.15. The van der Waals surface area contributed by atoms with Crippen molar-refractivity contribution >= 4 is 12.6 Å². The van der Waals surface area contributed by atoms with Gasteiger partial charge >= 0.3 is 0 Å². The van der Waals surface area contributed by atoms with E-state index in [9.17, 15) is 0 Å². The van der Waals surface area contributed by atoms with Gasteiger partial charge in [0, 0.05) is 0 Å². The molecular formula is C5H15NS. The van der Waals surface area contributed by atoms with Crippen LogP contribution in [0.3, 0.4) is 0 Å². The lowest BCUT2D eigenvalue weighted by atomic mass is 10.3. The van der Waals surface area contributed by atoms with Crippen molar-refractivity contribution in [3.05, 3.63) is 0 Å². The summed E-state index contributed by atoms with van der Waals surface area (Å²) in [4.78, 5) is 0. The highest BCUT2D eigenvalue weighted by atomic mass is 32.1. The fourth-order valence-electron chi connectivity index (χ4n) is 0.418. The third-order valence-corrected chi connectivity index (χ3v) is 0.965. The highest BCUT2D eigenvalue weighted by molar-refractivity contribution is 7.80. The first-order valence-electron chi connectivity index (χ1n) is 2.45. The van der Waals surface area contributed by atoms with Gasteiger partial charge in [0.05, 0.1) is 0 Å². The molecular weight excluding hydrogens is 106 g/mol. The predicted octanol–water partition coefficient (Wildman–Crippen LogP) is 2.27. The molecule has 0 fully saturated rings. The molecule has 46 valence electrons. The molecule has 0 aliphatic carbocycles. The third kappa shape index (κ3) is 10.7. The maximum atomic E-state index is 4.18. The van der Waals surface area contributed by atoms with Crippen molar-refractivity contribution in [1.82, 2.24) is 6.15 Å². The summed E-state index contributed by atoms with van der Waals surface area (Å²) in [5.74, 6) is 0. The minimum Gasteiger partial charge on any atom is -0.344 e. The summed E-state index contributed by atoms with van der Waals surface area (Å²) in [6.07, 6.45) is 2.49.